The Balaban J connectivity index is 1.81. The molecule has 0 spiro atoms. The van der Waals surface area contributed by atoms with Crippen LogP contribution in [0, 0.1) is 0 Å². The smallest absolute Gasteiger partial charge is 0.244 e. The maximum atomic E-state index is 11.9. The maximum Gasteiger partial charge on any atom is 0.244 e. The molecule has 0 fully saturated rings. The molecular weight excluding hydrogens is 346 g/mol. The summed E-state index contributed by atoms with van der Waals surface area (Å²) in [5, 5.41) is 2.89. The Morgan fingerprint density at radius 3 is 2.62 bits per heavy atom. The molecule has 0 aliphatic carbocycles. The second-order valence-electron chi connectivity index (χ2n) is 5.86. The highest BCUT2D eigenvalue weighted by molar-refractivity contribution is 7.99. The molecule has 0 saturated carbocycles. The predicted octanol–water partition coefficient (Wildman–Crippen LogP) is 4.40. The zero-order valence-electron chi connectivity index (χ0n) is 15.4. The molecule has 2 rings (SSSR count). The molecule has 26 heavy (non-hydrogen) atoms. The molecule has 0 aliphatic rings. The molecule has 5 heteroatoms. The van der Waals surface area contributed by atoms with Gasteiger partial charge in [0.1, 0.15) is 0 Å². The minimum Gasteiger partial charge on any atom is -0.493 e. The molecule has 4 nitrogen and oxygen atoms in total. The molecule has 138 valence electrons. The van der Waals surface area contributed by atoms with Crippen LogP contribution in [-0.4, -0.2) is 31.4 Å². The highest BCUT2D eigenvalue weighted by Crippen LogP contribution is 2.29. The third-order valence-corrected chi connectivity index (χ3v) is 4.40. The van der Waals surface area contributed by atoms with E-state index >= 15 is 0 Å². The van der Waals surface area contributed by atoms with Gasteiger partial charge in [-0.15, -0.1) is 11.8 Å². The van der Waals surface area contributed by atoms with Crippen molar-refractivity contribution in [3.05, 3.63) is 60.2 Å². The van der Waals surface area contributed by atoms with Crippen molar-refractivity contribution in [3.63, 3.8) is 0 Å². The summed E-state index contributed by atoms with van der Waals surface area (Å²) in [5.74, 6) is 2.07. The lowest BCUT2D eigenvalue weighted by atomic mass is 10.2. The Morgan fingerprint density at radius 2 is 1.92 bits per heavy atom. The number of carbonyl (C=O) groups excluding carboxylic acids is 1. The molecule has 0 bridgehead atoms. The number of ether oxygens (including phenoxy) is 2. The van der Waals surface area contributed by atoms with Crippen molar-refractivity contribution in [2.24, 2.45) is 0 Å². The van der Waals surface area contributed by atoms with Gasteiger partial charge in [0.15, 0.2) is 11.5 Å². The first kappa shape index (κ1) is 19.9. The fourth-order valence-corrected chi connectivity index (χ4v) is 3.02. The van der Waals surface area contributed by atoms with Crippen LogP contribution in [0.15, 0.2) is 59.5 Å². The standard InChI is InChI=1S/C21H25NO3S/c1-16(2)25-19-11-9-17(15-20(19)24-3)10-12-21(23)22-13-14-26-18-7-5-4-6-8-18/h4-12,15-16H,13-14H2,1-3H3,(H,22,23)/b12-10+. The second kappa shape index (κ2) is 10.6. The summed E-state index contributed by atoms with van der Waals surface area (Å²) in [6.45, 7) is 4.55. The first-order chi connectivity index (χ1) is 12.6. The Hall–Kier alpha value is -2.40. The second-order valence-corrected chi connectivity index (χ2v) is 7.03. The first-order valence-electron chi connectivity index (χ1n) is 8.57. The van der Waals surface area contributed by atoms with E-state index in [-0.39, 0.29) is 12.0 Å². The van der Waals surface area contributed by atoms with Crippen molar-refractivity contribution < 1.29 is 14.3 Å². The van der Waals surface area contributed by atoms with E-state index < -0.39 is 0 Å². The van der Waals surface area contributed by atoms with E-state index in [2.05, 4.69) is 17.4 Å². The number of benzene rings is 2. The quantitative estimate of drug-likeness (QED) is 0.403. The molecule has 0 heterocycles. The molecule has 0 saturated heterocycles. The van der Waals surface area contributed by atoms with Crippen LogP contribution in [-0.2, 0) is 4.79 Å². The number of hydrogen-bond acceptors (Lipinski definition) is 4. The van der Waals surface area contributed by atoms with Gasteiger partial charge in [-0.2, -0.15) is 0 Å². The summed E-state index contributed by atoms with van der Waals surface area (Å²) in [6.07, 6.45) is 3.37. The monoisotopic (exact) mass is 371 g/mol. The molecule has 1 N–H and O–H groups in total. The molecule has 0 aromatic heterocycles. The van der Waals surface area contributed by atoms with Gasteiger partial charge in [-0.25, -0.2) is 0 Å². The zero-order valence-corrected chi connectivity index (χ0v) is 16.2. The number of nitrogens with one attached hydrogen (secondary N) is 1. The minimum atomic E-state index is -0.111. The lowest BCUT2D eigenvalue weighted by molar-refractivity contribution is -0.116. The van der Waals surface area contributed by atoms with Gasteiger partial charge >= 0.3 is 0 Å². The average molecular weight is 372 g/mol. The van der Waals surface area contributed by atoms with E-state index in [1.165, 1.54) is 11.0 Å². The first-order valence-corrected chi connectivity index (χ1v) is 9.55. The largest absolute Gasteiger partial charge is 0.493 e. The predicted molar refractivity (Wildman–Crippen MR) is 108 cm³/mol. The number of amides is 1. The summed E-state index contributed by atoms with van der Waals surface area (Å²) in [6, 6.07) is 15.7. The van der Waals surface area contributed by atoms with Crippen LogP contribution in [0.3, 0.4) is 0 Å². The topological polar surface area (TPSA) is 47.6 Å². The SMILES string of the molecule is COc1cc(/C=C/C(=O)NCCSc2ccccc2)ccc1OC(C)C. The maximum absolute atomic E-state index is 11.9. The van der Waals surface area contributed by atoms with Crippen LogP contribution >= 0.6 is 11.8 Å². The van der Waals surface area contributed by atoms with Gasteiger partial charge in [0.2, 0.25) is 5.91 Å². The zero-order chi connectivity index (χ0) is 18.8. The lowest BCUT2D eigenvalue weighted by Crippen LogP contribution is -2.23. The van der Waals surface area contributed by atoms with Crippen LogP contribution in [0.1, 0.15) is 19.4 Å². The van der Waals surface area contributed by atoms with E-state index in [4.69, 9.17) is 9.47 Å². The highest BCUT2D eigenvalue weighted by atomic mass is 32.2. The van der Waals surface area contributed by atoms with E-state index in [0.29, 0.717) is 18.0 Å². The van der Waals surface area contributed by atoms with E-state index in [0.717, 1.165) is 11.3 Å². The number of rotatable bonds is 9. The normalized spacial score (nSPS) is 10.9. The van der Waals surface area contributed by atoms with Gasteiger partial charge in [-0.05, 0) is 49.8 Å². The Morgan fingerprint density at radius 1 is 1.15 bits per heavy atom. The van der Waals surface area contributed by atoms with Crippen LogP contribution in [0.5, 0.6) is 11.5 Å². The Bertz CT molecular complexity index is 729. The van der Waals surface area contributed by atoms with Crippen molar-refractivity contribution in [1.82, 2.24) is 5.32 Å². The van der Waals surface area contributed by atoms with Gasteiger partial charge in [0.25, 0.3) is 0 Å². The van der Waals surface area contributed by atoms with Gasteiger partial charge in [0.05, 0.1) is 13.2 Å². The number of hydrogen-bond donors (Lipinski definition) is 1. The van der Waals surface area contributed by atoms with Crippen molar-refractivity contribution in [3.8, 4) is 11.5 Å². The Labute approximate surface area is 159 Å². The third-order valence-electron chi connectivity index (χ3n) is 3.39. The summed E-state index contributed by atoms with van der Waals surface area (Å²) in [7, 11) is 1.60. The third kappa shape index (κ3) is 6.84. The van der Waals surface area contributed by atoms with Crippen LogP contribution < -0.4 is 14.8 Å². The van der Waals surface area contributed by atoms with E-state index in [1.807, 2.05) is 50.2 Å². The molecule has 0 unspecified atom stereocenters. The molecule has 1 amide bonds. The van der Waals surface area contributed by atoms with Crippen molar-refractivity contribution >= 4 is 23.7 Å². The van der Waals surface area contributed by atoms with Gasteiger partial charge in [-0.3, -0.25) is 4.79 Å². The van der Waals surface area contributed by atoms with Gasteiger partial charge < -0.3 is 14.8 Å². The molecular formula is C21H25NO3S. The van der Waals surface area contributed by atoms with E-state index in [9.17, 15) is 4.79 Å². The van der Waals surface area contributed by atoms with Gasteiger partial charge in [0, 0.05) is 23.3 Å². The van der Waals surface area contributed by atoms with Crippen LogP contribution in [0.4, 0.5) is 0 Å². The summed E-state index contributed by atoms with van der Waals surface area (Å²) < 4.78 is 11.0. The highest BCUT2D eigenvalue weighted by Gasteiger charge is 2.06. The van der Waals surface area contributed by atoms with Crippen LogP contribution in [0.2, 0.25) is 0 Å². The number of methoxy groups -OCH3 is 1. The number of thioether (sulfide) groups is 1. The van der Waals surface area contributed by atoms with E-state index in [1.54, 1.807) is 24.9 Å². The lowest BCUT2D eigenvalue weighted by Gasteiger charge is -2.13. The van der Waals surface area contributed by atoms with Crippen molar-refractivity contribution in [1.29, 1.82) is 0 Å². The fraction of sp³-hybridized carbons (Fsp3) is 0.286. The average Bonchev–Trinajstić information content (AvgIpc) is 2.65. The van der Waals surface area contributed by atoms with Crippen molar-refractivity contribution in [2.75, 3.05) is 19.4 Å². The fourth-order valence-electron chi connectivity index (χ4n) is 2.23. The molecule has 2 aromatic carbocycles. The molecule has 0 atom stereocenters. The van der Waals surface area contributed by atoms with Gasteiger partial charge in [-0.1, -0.05) is 24.3 Å². The van der Waals surface area contributed by atoms with Crippen molar-refractivity contribution in [2.45, 2.75) is 24.8 Å². The summed E-state index contributed by atoms with van der Waals surface area (Å²) >= 11 is 1.72. The minimum absolute atomic E-state index is 0.0739. The molecule has 0 radical (unpaired) electrons. The van der Waals surface area contributed by atoms with Crippen LogP contribution in [0.25, 0.3) is 6.08 Å². The number of carbonyl (C=O) groups is 1. The molecule has 2 aromatic rings. The summed E-state index contributed by atoms with van der Waals surface area (Å²) in [5.41, 5.74) is 0.881. The Kier molecular flexibility index (Phi) is 8.09. The molecule has 0 aliphatic heterocycles. The summed E-state index contributed by atoms with van der Waals surface area (Å²) in [4.78, 5) is 13.1.